The lowest BCUT2D eigenvalue weighted by atomic mass is 10.1. The molecule has 1 atom stereocenters. The van der Waals surface area contributed by atoms with Crippen LogP contribution in [0.5, 0.6) is 0 Å². The molecule has 0 radical (unpaired) electrons. The Balaban J connectivity index is 2.27. The average Bonchev–Trinajstić information content (AvgIpc) is 2.83. The molecule has 0 aliphatic heterocycles. The van der Waals surface area contributed by atoms with Crippen molar-refractivity contribution in [1.29, 1.82) is 0 Å². The molecule has 0 saturated carbocycles. The van der Waals surface area contributed by atoms with E-state index >= 15 is 0 Å². The molecule has 0 aliphatic rings. The summed E-state index contributed by atoms with van der Waals surface area (Å²) < 4.78 is 17.0. The highest BCUT2D eigenvalue weighted by Gasteiger charge is 2.16. The summed E-state index contributed by atoms with van der Waals surface area (Å²) >= 11 is 1.31. The van der Waals surface area contributed by atoms with Crippen LogP contribution in [0.1, 0.15) is 29.8 Å². The number of hydrogen-bond acceptors (Lipinski definition) is 5. The number of pyridine rings is 1. The molecule has 0 saturated heterocycles. The van der Waals surface area contributed by atoms with Gasteiger partial charge in [0.2, 0.25) is 0 Å². The fourth-order valence-corrected chi connectivity index (χ4v) is 2.17. The minimum absolute atomic E-state index is 0.0850. The van der Waals surface area contributed by atoms with Gasteiger partial charge in [0, 0.05) is 6.20 Å². The lowest BCUT2D eigenvalue weighted by molar-refractivity contribution is 0.585. The highest BCUT2D eigenvalue weighted by atomic mass is 32.1. The van der Waals surface area contributed by atoms with Gasteiger partial charge in [0.05, 0.1) is 23.3 Å². The van der Waals surface area contributed by atoms with Gasteiger partial charge in [0.25, 0.3) is 0 Å². The van der Waals surface area contributed by atoms with Crippen molar-refractivity contribution in [3.63, 3.8) is 0 Å². The van der Waals surface area contributed by atoms with Crippen molar-refractivity contribution >= 4 is 11.5 Å². The van der Waals surface area contributed by atoms with Crippen molar-refractivity contribution in [2.24, 2.45) is 0 Å². The van der Waals surface area contributed by atoms with Crippen LogP contribution in [0, 0.1) is 5.82 Å². The van der Waals surface area contributed by atoms with Crippen LogP contribution in [0.25, 0.3) is 0 Å². The third-order valence-electron chi connectivity index (χ3n) is 2.32. The van der Waals surface area contributed by atoms with E-state index in [0.29, 0.717) is 0 Å². The van der Waals surface area contributed by atoms with Crippen molar-refractivity contribution in [2.45, 2.75) is 19.4 Å². The average molecular weight is 252 g/mol. The van der Waals surface area contributed by atoms with Crippen molar-refractivity contribution in [1.82, 2.24) is 19.9 Å². The molecule has 0 aliphatic carbocycles. The Morgan fingerprint density at radius 3 is 2.94 bits per heavy atom. The van der Waals surface area contributed by atoms with Crippen molar-refractivity contribution < 1.29 is 4.39 Å². The van der Waals surface area contributed by atoms with E-state index in [4.69, 9.17) is 0 Å². The second kappa shape index (κ2) is 5.79. The zero-order chi connectivity index (χ0) is 12.1. The van der Waals surface area contributed by atoms with Gasteiger partial charge in [-0.05, 0) is 36.1 Å². The van der Waals surface area contributed by atoms with Gasteiger partial charge >= 0.3 is 0 Å². The highest BCUT2D eigenvalue weighted by molar-refractivity contribution is 7.05. The van der Waals surface area contributed by atoms with Gasteiger partial charge in [-0.25, -0.2) is 4.39 Å². The molecule has 4 nitrogen and oxygen atoms in total. The molecule has 2 rings (SSSR count). The summed E-state index contributed by atoms with van der Waals surface area (Å²) in [6, 6.07) is 1.40. The number of aromatic nitrogens is 3. The van der Waals surface area contributed by atoms with Crippen LogP contribution >= 0.6 is 11.5 Å². The first-order valence-electron chi connectivity index (χ1n) is 5.42. The number of rotatable bonds is 5. The van der Waals surface area contributed by atoms with Gasteiger partial charge < -0.3 is 5.32 Å². The van der Waals surface area contributed by atoms with E-state index in [2.05, 4.69) is 26.8 Å². The van der Waals surface area contributed by atoms with Crippen molar-refractivity contribution in [3.8, 4) is 0 Å². The van der Waals surface area contributed by atoms with Gasteiger partial charge in [-0.15, -0.1) is 5.10 Å². The Hall–Kier alpha value is -1.40. The molecule has 17 heavy (non-hydrogen) atoms. The summed E-state index contributed by atoms with van der Waals surface area (Å²) in [7, 11) is 0. The second-order valence-electron chi connectivity index (χ2n) is 3.64. The van der Waals surface area contributed by atoms with E-state index in [1.165, 1.54) is 23.8 Å². The first kappa shape index (κ1) is 12.1. The van der Waals surface area contributed by atoms with Crippen LogP contribution in [0.2, 0.25) is 0 Å². The number of nitrogens with zero attached hydrogens (tertiary/aromatic N) is 3. The Kier molecular flexibility index (Phi) is 4.11. The van der Waals surface area contributed by atoms with Crippen molar-refractivity contribution in [3.05, 3.63) is 40.9 Å². The minimum atomic E-state index is -0.330. The monoisotopic (exact) mass is 252 g/mol. The molecule has 1 N–H and O–H groups in total. The SMILES string of the molecule is CCCNC(c1cncc(F)c1)c1cnns1. The third kappa shape index (κ3) is 3.04. The predicted octanol–water partition coefficient (Wildman–Crippen LogP) is 2.16. The molecule has 2 aromatic heterocycles. The molecule has 90 valence electrons. The quantitative estimate of drug-likeness (QED) is 0.886. The zero-order valence-corrected chi connectivity index (χ0v) is 10.2. The largest absolute Gasteiger partial charge is 0.305 e. The number of halogens is 1. The zero-order valence-electron chi connectivity index (χ0n) is 9.43. The molecule has 1 unspecified atom stereocenters. The lowest BCUT2D eigenvalue weighted by Crippen LogP contribution is -2.22. The Morgan fingerprint density at radius 2 is 2.29 bits per heavy atom. The molecule has 2 aromatic rings. The van der Waals surface area contributed by atoms with Crippen LogP contribution in [0.15, 0.2) is 24.7 Å². The maximum Gasteiger partial charge on any atom is 0.141 e. The van der Waals surface area contributed by atoms with Crippen molar-refractivity contribution in [2.75, 3.05) is 6.54 Å². The first-order valence-corrected chi connectivity index (χ1v) is 6.19. The molecule has 0 aromatic carbocycles. The first-order chi connectivity index (χ1) is 8.31. The molecule has 0 spiro atoms. The summed E-state index contributed by atoms with van der Waals surface area (Å²) in [4.78, 5) is 4.84. The molecule has 0 bridgehead atoms. The minimum Gasteiger partial charge on any atom is -0.305 e. The summed E-state index contributed by atoms with van der Waals surface area (Å²) in [5.41, 5.74) is 0.796. The lowest BCUT2D eigenvalue weighted by Gasteiger charge is -2.16. The summed E-state index contributed by atoms with van der Waals surface area (Å²) in [5, 5.41) is 7.15. The molecule has 0 fully saturated rings. The third-order valence-corrected chi connectivity index (χ3v) is 3.05. The second-order valence-corrected chi connectivity index (χ2v) is 4.46. The molecular weight excluding hydrogens is 239 g/mol. The summed E-state index contributed by atoms with van der Waals surface area (Å²) in [6.45, 7) is 2.93. The summed E-state index contributed by atoms with van der Waals surface area (Å²) in [5.74, 6) is -0.330. The van der Waals surface area contributed by atoms with E-state index in [9.17, 15) is 4.39 Å². The van der Waals surface area contributed by atoms with E-state index < -0.39 is 0 Å². The Morgan fingerprint density at radius 1 is 1.41 bits per heavy atom. The Labute approximate surface area is 103 Å². The van der Waals surface area contributed by atoms with Crippen LogP contribution in [-0.4, -0.2) is 21.1 Å². The summed E-state index contributed by atoms with van der Waals surface area (Å²) in [6.07, 6.45) is 5.57. The van der Waals surface area contributed by atoms with Gasteiger partial charge in [-0.1, -0.05) is 11.4 Å². The molecule has 6 heteroatoms. The smallest absolute Gasteiger partial charge is 0.141 e. The maximum absolute atomic E-state index is 13.2. The van der Waals surface area contributed by atoms with Gasteiger partial charge in [-0.2, -0.15) is 0 Å². The standard InChI is InChI=1S/C11H13FN4S/c1-2-3-14-11(10-7-15-16-17-10)8-4-9(12)6-13-5-8/h4-7,11,14H,2-3H2,1H3. The van der Waals surface area contributed by atoms with E-state index in [0.717, 1.165) is 23.4 Å². The van der Waals surface area contributed by atoms with Gasteiger partial charge in [0.15, 0.2) is 0 Å². The van der Waals surface area contributed by atoms with E-state index in [-0.39, 0.29) is 11.9 Å². The van der Waals surface area contributed by atoms with E-state index in [1.54, 1.807) is 12.4 Å². The molecule has 2 heterocycles. The van der Waals surface area contributed by atoms with Gasteiger partial charge in [-0.3, -0.25) is 4.98 Å². The van der Waals surface area contributed by atoms with Crippen LogP contribution in [0.3, 0.4) is 0 Å². The molecular formula is C11H13FN4S. The number of nitrogens with one attached hydrogen (secondary N) is 1. The van der Waals surface area contributed by atoms with Crippen LogP contribution < -0.4 is 5.32 Å². The number of hydrogen-bond donors (Lipinski definition) is 1. The predicted molar refractivity (Wildman–Crippen MR) is 64.2 cm³/mol. The normalized spacial score (nSPS) is 12.6. The maximum atomic E-state index is 13.2. The topological polar surface area (TPSA) is 50.7 Å². The van der Waals surface area contributed by atoms with E-state index in [1.807, 2.05) is 0 Å². The molecule has 0 amide bonds. The van der Waals surface area contributed by atoms with Crippen LogP contribution in [-0.2, 0) is 0 Å². The fourth-order valence-electron chi connectivity index (χ4n) is 1.56. The fraction of sp³-hybridized carbons (Fsp3) is 0.364. The highest BCUT2D eigenvalue weighted by Crippen LogP contribution is 2.23. The van der Waals surface area contributed by atoms with Crippen LogP contribution in [0.4, 0.5) is 4.39 Å². The van der Waals surface area contributed by atoms with Gasteiger partial charge in [0.1, 0.15) is 5.82 Å². The Bertz CT molecular complexity index is 460.